The molecule has 3 nitrogen and oxygen atoms in total. The first-order valence-electron chi connectivity index (χ1n) is 6.19. The Balaban J connectivity index is 0.00000133. The first-order chi connectivity index (χ1) is 8.74. The molecule has 0 amide bonds. The summed E-state index contributed by atoms with van der Waals surface area (Å²) in [5.41, 5.74) is 0.903. The number of rotatable bonds is 3. The quantitative estimate of drug-likeness (QED) is 0.945. The van der Waals surface area contributed by atoms with Gasteiger partial charge in [-0.3, -0.25) is 4.90 Å². The van der Waals surface area contributed by atoms with E-state index in [1.54, 1.807) is 23.5 Å². The zero-order chi connectivity index (χ0) is 12.5. The minimum Gasteiger partial charge on any atom is -0.316 e. The summed E-state index contributed by atoms with van der Waals surface area (Å²) >= 11 is 1.59. The van der Waals surface area contributed by atoms with Crippen LogP contribution < -0.4 is 5.32 Å². The summed E-state index contributed by atoms with van der Waals surface area (Å²) in [7, 11) is 2.01. The number of hydrogen-bond acceptors (Lipinski definition) is 4. The lowest BCUT2D eigenvalue weighted by Gasteiger charge is -2.13. The lowest BCUT2D eigenvalue weighted by Crippen LogP contribution is -2.29. The number of hydrogen-bond donors (Lipinski definition) is 1. The molecule has 1 aliphatic rings. The Morgan fingerprint density at radius 3 is 3.11 bits per heavy atom. The van der Waals surface area contributed by atoms with Crippen LogP contribution >= 0.6 is 23.7 Å². The molecule has 6 heteroatoms. The molecule has 1 aromatic heterocycles. The highest BCUT2D eigenvalue weighted by Gasteiger charge is 2.21. The summed E-state index contributed by atoms with van der Waals surface area (Å²) in [5, 5.41) is 4.38. The second kappa shape index (κ2) is 6.13. The fourth-order valence-electron chi connectivity index (χ4n) is 2.42. The summed E-state index contributed by atoms with van der Waals surface area (Å²) in [6, 6.07) is 5.39. The van der Waals surface area contributed by atoms with E-state index in [0.717, 1.165) is 34.9 Å². The number of nitrogens with zero attached hydrogens (tertiary/aromatic N) is 2. The third-order valence-corrected chi connectivity index (χ3v) is 4.44. The van der Waals surface area contributed by atoms with Crippen molar-refractivity contribution in [1.29, 1.82) is 0 Å². The Hall–Kier alpha value is -0.750. The maximum absolute atomic E-state index is 13.1. The molecule has 0 saturated carbocycles. The average molecular weight is 302 g/mol. The van der Waals surface area contributed by atoms with E-state index in [4.69, 9.17) is 0 Å². The standard InChI is InChI=1S/C13H16FN3S.ClH/c1-15-10-4-5-17(7-10)8-13-16-11-3-2-9(14)6-12(11)18-13;/h2-3,6,10,15H,4-5,7-8H2,1H3;1H. The van der Waals surface area contributed by atoms with Gasteiger partial charge in [-0.1, -0.05) is 0 Å². The van der Waals surface area contributed by atoms with Gasteiger partial charge in [0.2, 0.25) is 0 Å². The molecule has 0 radical (unpaired) electrons. The Morgan fingerprint density at radius 2 is 2.37 bits per heavy atom. The van der Waals surface area contributed by atoms with Gasteiger partial charge in [0.05, 0.1) is 16.8 Å². The third kappa shape index (κ3) is 3.23. The average Bonchev–Trinajstić information content (AvgIpc) is 2.95. The van der Waals surface area contributed by atoms with Crippen LogP contribution in [0.2, 0.25) is 0 Å². The van der Waals surface area contributed by atoms with Crippen molar-refractivity contribution < 1.29 is 4.39 Å². The molecule has 1 unspecified atom stereocenters. The number of likely N-dealkylation sites (N-methyl/N-ethyl adjacent to an activating group) is 1. The van der Waals surface area contributed by atoms with E-state index >= 15 is 0 Å². The first kappa shape index (κ1) is 14.7. The van der Waals surface area contributed by atoms with Crippen LogP contribution in [0.3, 0.4) is 0 Å². The monoisotopic (exact) mass is 301 g/mol. The number of nitrogens with one attached hydrogen (secondary N) is 1. The van der Waals surface area contributed by atoms with Gasteiger partial charge in [0, 0.05) is 19.1 Å². The summed E-state index contributed by atoms with van der Waals surface area (Å²) in [5.74, 6) is -0.186. The van der Waals surface area contributed by atoms with Gasteiger partial charge < -0.3 is 5.32 Å². The largest absolute Gasteiger partial charge is 0.316 e. The van der Waals surface area contributed by atoms with Gasteiger partial charge in [-0.05, 0) is 31.7 Å². The number of thiazole rings is 1. The van der Waals surface area contributed by atoms with E-state index in [1.165, 1.54) is 12.5 Å². The molecule has 0 aliphatic carbocycles. The van der Waals surface area contributed by atoms with Gasteiger partial charge in [-0.25, -0.2) is 9.37 Å². The summed E-state index contributed by atoms with van der Waals surface area (Å²) in [6.45, 7) is 3.05. The van der Waals surface area contributed by atoms with Crippen molar-refractivity contribution in [2.24, 2.45) is 0 Å². The topological polar surface area (TPSA) is 28.2 Å². The van der Waals surface area contributed by atoms with Crippen LogP contribution in [-0.2, 0) is 6.54 Å². The number of benzene rings is 1. The molecule has 19 heavy (non-hydrogen) atoms. The molecular weight excluding hydrogens is 285 g/mol. The Bertz CT molecular complexity index is 560. The predicted octanol–water partition coefficient (Wildman–Crippen LogP) is 2.65. The predicted molar refractivity (Wildman–Crippen MR) is 79.6 cm³/mol. The SMILES string of the molecule is CNC1CCN(Cc2nc3ccc(F)cc3s2)C1.Cl. The van der Waals surface area contributed by atoms with Crippen molar-refractivity contribution in [3.63, 3.8) is 0 Å². The van der Waals surface area contributed by atoms with E-state index in [0.29, 0.717) is 6.04 Å². The number of halogens is 2. The summed E-state index contributed by atoms with van der Waals surface area (Å²) in [6.07, 6.45) is 1.19. The first-order valence-corrected chi connectivity index (χ1v) is 7.01. The van der Waals surface area contributed by atoms with E-state index in [1.807, 2.05) is 7.05 Å². The minimum atomic E-state index is -0.186. The zero-order valence-electron chi connectivity index (χ0n) is 10.7. The molecule has 1 saturated heterocycles. The lowest BCUT2D eigenvalue weighted by molar-refractivity contribution is 0.322. The molecule has 2 heterocycles. The Labute approximate surface area is 122 Å². The van der Waals surface area contributed by atoms with Crippen LogP contribution in [0.4, 0.5) is 4.39 Å². The molecule has 0 bridgehead atoms. The smallest absolute Gasteiger partial charge is 0.124 e. The summed E-state index contributed by atoms with van der Waals surface area (Å²) < 4.78 is 14.0. The van der Waals surface area contributed by atoms with Crippen LogP contribution in [0.25, 0.3) is 10.2 Å². The maximum atomic E-state index is 13.1. The van der Waals surface area contributed by atoms with Crippen molar-refractivity contribution in [3.05, 3.63) is 29.0 Å². The highest BCUT2D eigenvalue weighted by Crippen LogP contribution is 2.24. The highest BCUT2D eigenvalue weighted by molar-refractivity contribution is 7.18. The van der Waals surface area contributed by atoms with Crippen LogP contribution in [-0.4, -0.2) is 36.1 Å². The zero-order valence-corrected chi connectivity index (χ0v) is 12.4. The molecule has 1 aliphatic heterocycles. The van der Waals surface area contributed by atoms with Crippen LogP contribution in [0.1, 0.15) is 11.4 Å². The van der Waals surface area contributed by atoms with E-state index in [9.17, 15) is 4.39 Å². The number of aromatic nitrogens is 1. The van der Waals surface area contributed by atoms with E-state index in [-0.39, 0.29) is 18.2 Å². The van der Waals surface area contributed by atoms with Gasteiger partial charge in [0.1, 0.15) is 10.8 Å². The van der Waals surface area contributed by atoms with Crippen molar-refractivity contribution in [3.8, 4) is 0 Å². The Morgan fingerprint density at radius 1 is 1.53 bits per heavy atom. The minimum absolute atomic E-state index is 0. The van der Waals surface area contributed by atoms with Gasteiger partial charge in [-0.2, -0.15) is 0 Å². The van der Waals surface area contributed by atoms with Crippen LogP contribution in [0.5, 0.6) is 0 Å². The van der Waals surface area contributed by atoms with Gasteiger partial charge in [-0.15, -0.1) is 23.7 Å². The molecule has 1 aromatic carbocycles. The highest BCUT2D eigenvalue weighted by atomic mass is 35.5. The fraction of sp³-hybridized carbons (Fsp3) is 0.462. The van der Waals surface area contributed by atoms with E-state index in [2.05, 4.69) is 15.2 Å². The number of fused-ring (bicyclic) bond motifs is 1. The molecule has 1 N–H and O–H groups in total. The third-order valence-electron chi connectivity index (χ3n) is 3.43. The van der Waals surface area contributed by atoms with Gasteiger partial charge >= 0.3 is 0 Å². The fourth-order valence-corrected chi connectivity index (χ4v) is 3.45. The van der Waals surface area contributed by atoms with Crippen LogP contribution in [0, 0.1) is 5.82 Å². The molecule has 0 spiro atoms. The molecule has 3 rings (SSSR count). The molecular formula is C13H17ClFN3S. The lowest BCUT2D eigenvalue weighted by atomic mass is 10.3. The maximum Gasteiger partial charge on any atom is 0.124 e. The van der Waals surface area contributed by atoms with E-state index < -0.39 is 0 Å². The van der Waals surface area contributed by atoms with Gasteiger partial charge in [0.25, 0.3) is 0 Å². The molecule has 104 valence electrons. The number of likely N-dealkylation sites (tertiary alicyclic amines) is 1. The molecule has 1 atom stereocenters. The normalized spacial score (nSPS) is 19.8. The van der Waals surface area contributed by atoms with Crippen molar-refractivity contribution in [2.45, 2.75) is 19.0 Å². The molecule has 2 aromatic rings. The van der Waals surface area contributed by atoms with Crippen LogP contribution in [0.15, 0.2) is 18.2 Å². The van der Waals surface area contributed by atoms with Gasteiger partial charge in [0.15, 0.2) is 0 Å². The van der Waals surface area contributed by atoms with Crippen molar-refractivity contribution in [1.82, 2.24) is 15.2 Å². The van der Waals surface area contributed by atoms with Crippen molar-refractivity contribution in [2.75, 3.05) is 20.1 Å². The second-order valence-corrected chi connectivity index (χ2v) is 5.84. The molecule has 1 fully saturated rings. The second-order valence-electron chi connectivity index (χ2n) is 4.73. The summed E-state index contributed by atoms with van der Waals surface area (Å²) in [4.78, 5) is 6.96. The Kier molecular flexibility index (Phi) is 4.73. The van der Waals surface area contributed by atoms with Crippen molar-refractivity contribution >= 4 is 34.0 Å².